The molecule has 1 aromatic carbocycles. The van der Waals surface area contributed by atoms with Crippen molar-refractivity contribution in [3.63, 3.8) is 0 Å². The van der Waals surface area contributed by atoms with Gasteiger partial charge in [-0.15, -0.1) is 0 Å². The Labute approximate surface area is 97.4 Å². The first kappa shape index (κ1) is 11.3. The molecule has 0 saturated heterocycles. The van der Waals surface area contributed by atoms with E-state index in [1.165, 1.54) is 11.3 Å². The van der Waals surface area contributed by atoms with Gasteiger partial charge in [-0.25, -0.2) is 0 Å². The number of nitrogens with one attached hydrogen (secondary N) is 1. The highest BCUT2D eigenvalue weighted by molar-refractivity contribution is 5.62. The van der Waals surface area contributed by atoms with Gasteiger partial charge in [-0.05, 0) is 31.5 Å². The molecule has 3 heteroatoms. The third-order valence-corrected chi connectivity index (χ3v) is 3.02. The summed E-state index contributed by atoms with van der Waals surface area (Å²) in [6, 6.07) is 6.43. The highest BCUT2D eigenvalue weighted by Crippen LogP contribution is 2.34. The molecule has 0 spiro atoms. The lowest BCUT2D eigenvalue weighted by atomic mass is 10.0. The number of aryl methyl sites for hydroxylation is 1. The molecule has 0 radical (unpaired) electrons. The summed E-state index contributed by atoms with van der Waals surface area (Å²) in [5.41, 5.74) is 2.56. The maximum absolute atomic E-state index is 5.79. The van der Waals surface area contributed by atoms with Gasteiger partial charge in [-0.2, -0.15) is 0 Å². The number of rotatable bonds is 4. The summed E-state index contributed by atoms with van der Waals surface area (Å²) in [7, 11) is 4.09. The zero-order valence-corrected chi connectivity index (χ0v) is 10.1. The predicted octanol–water partition coefficient (Wildman–Crippen LogP) is 1.67. The van der Waals surface area contributed by atoms with E-state index >= 15 is 0 Å². The van der Waals surface area contributed by atoms with Crippen molar-refractivity contribution in [1.29, 1.82) is 0 Å². The number of nitrogens with zero attached hydrogens (tertiary/aromatic N) is 1. The molecule has 1 aliphatic heterocycles. The minimum absolute atomic E-state index is 0.851. The molecule has 1 aromatic rings. The molecule has 0 saturated carbocycles. The predicted molar refractivity (Wildman–Crippen MR) is 67.5 cm³/mol. The third kappa shape index (κ3) is 2.30. The van der Waals surface area contributed by atoms with Crippen molar-refractivity contribution in [2.75, 3.05) is 38.7 Å². The summed E-state index contributed by atoms with van der Waals surface area (Å²) in [5, 5.41) is 3.17. The largest absolute Gasteiger partial charge is 0.491 e. The fourth-order valence-electron chi connectivity index (χ4n) is 2.07. The van der Waals surface area contributed by atoms with Gasteiger partial charge in [0.15, 0.2) is 0 Å². The van der Waals surface area contributed by atoms with E-state index in [4.69, 9.17) is 4.74 Å². The maximum atomic E-state index is 5.79. The molecule has 0 bridgehead atoms. The van der Waals surface area contributed by atoms with Crippen LogP contribution in [0.15, 0.2) is 18.2 Å². The Kier molecular flexibility index (Phi) is 3.67. The van der Waals surface area contributed by atoms with Crippen LogP contribution < -0.4 is 15.0 Å². The average Bonchev–Trinajstić information content (AvgIpc) is 2.35. The average molecular weight is 220 g/mol. The lowest BCUT2D eigenvalue weighted by Crippen LogP contribution is -2.28. The number of likely N-dealkylation sites (N-methyl/N-ethyl adjacent to an activating group) is 2. The quantitative estimate of drug-likeness (QED) is 0.835. The molecular weight excluding hydrogens is 200 g/mol. The standard InChI is InChI=1S/C13H20N2O/c1-14-8-9-15(2)12-7-3-5-11-6-4-10-16-13(11)12/h3,5,7,14H,4,6,8-10H2,1-2H3. The molecule has 88 valence electrons. The van der Waals surface area contributed by atoms with Crippen molar-refractivity contribution in [3.05, 3.63) is 23.8 Å². The van der Waals surface area contributed by atoms with Gasteiger partial charge in [0.1, 0.15) is 5.75 Å². The van der Waals surface area contributed by atoms with Crippen LogP contribution in [0.5, 0.6) is 5.75 Å². The van der Waals surface area contributed by atoms with Crippen molar-refractivity contribution in [1.82, 2.24) is 5.32 Å². The van der Waals surface area contributed by atoms with E-state index in [1.807, 2.05) is 7.05 Å². The molecule has 0 amide bonds. The Hall–Kier alpha value is -1.22. The molecule has 16 heavy (non-hydrogen) atoms. The molecule has 0 fully saturated rings. The van der Waals surface area contributed by atoms with Gasteiger partial charge in [-0.1, -0.05) is 12.1 Å². The minimum atomic E-state index is 0.851. The van der Waals surface area contributed by atoms with Gasteiger partial charge in [0, 0.05) is 20.1 Å². The third-order valence-electron chi connectivity index (χ3n) is 3.02. The van der Waals surface area contributed by atoms with Gasteiger partial charge in [-0.3, -0.25) is 0 Å². The van der Waals surface area contributed by atoms with Gasteiger partial charge in [0.25, 0.3) is 0 Å². The number of benzene rings is 1. The number of hydrogen-bond donors (Lipinski definition) is 1. The van der Waals surface area contributed by atoms with E-state index in [2.05, 4.69) is 35.5 Å². The van der Waals surface area contributed by atoms with Crippen molar-refractivity contribution < 1.29 is 4.74 Å². The SMILES string of the molecule is CNCCN(C)c1cccc2c1OCCC2. The van der Waals surface area contributed by atoms with E-state index in [0.29, 0.717) is 0 Å². The topological polar surface area (TPSA) is 24.5 Å². The van der Waals surface area contributed by atoms with Crippen LogP contribution in [-0.2, 0) is 6.42 Å². The van der Waals surface area contributed by atoms with Gasteiger partial charge < -0.3 is 15.0 Å². The van der Waals surface area contributed by atoms with E-state index in [1.54, 1.807) is 0 Å². The summed E-state index contributed by atoms with van der Waals surface area (Å²) in [4.78, 5) is 2.25. The Morgan fingerprint density at radius 2 is 2.31 bits per heavy atom. The Bertz CT molecular complexity index is 352. The molecule has 0 aromatic heterocycles. The van der Waals surface area contributed by atoms with Crippen LogP contribution in [-0.4, -0.2) is 33.8 Å². The van der Waals surface area contributed by atoms with Crippen LogP contribution in [0.2, 0.25) is 0 Å². The lowest BCUT2D eigenvalue weighted by Gasteiger charge is -2.26. The molecule has 1 aliphatic rings. The van der Waals surface area contributed by atoms with Crippen LogP contribution in [0.3, 0.4) is 0 Å². The number of anilines is 1. The Balaban J connectivity index is 2.19. The van der Waals surface area contributed by atoms with Gasteiger partial charge >= 0.3 is 0 Å². The first-order valence-corrected chi connectivity index (χ1v) is 5.93. The number of para-hydroxylation sites is 1. The second-order valence-corrected chi connectivity index (χ2v) is 4.24. The van der Waals surface area contributed by atoms with Crippen LogP contribution in [0, 0.1) is 0 Å². The molecular formula is C13H20N2O. The molecule has 0 aliphatic carbocycles. The minimum Gasteiger partial charge on any atom is -0.491 e. The summed E-state index contributed by atoms with van der Waals surface area (Å²) in [6.07, 6.45) is 2.28. The van der Waals surface area contributed by atoms with E-state index in [-0.39, 0.29) is 0 Å². The first-order valence-electron chi connectivity index (χ1n) is 5.93. The summed E-state index contributed by atoms with van der Waals surface area (Å²) < 4.78 is 5.79. The molecule has 3 nitrogen and oxygen atoms in total. The Morgan fingerprint density at radius 3 is 3.12 bits per heavy atom. The van der Waals surface area contributed by atoms with E-state index in [0.717, 1.165) is 38.3 Å². The monoisotopic (exact) mass is 220 g/mol. The molecule has 1 heterocycles. The highest BCUT2D eigenvalue weighted by atomic mass is 16.5. The van der Waals surface area contributed by atoms with Crippen molar-refractivity contribution in [2.45, 2.75) is 12.8 Å². The van der Waals surface area contributed by atoms with Crippen LogP contribution in [0.4, 0.5) is 5.69 Å². The molecule has 2 rings (SSSR count). The normalized spacial score (nSPS) is 14.1. The smallest absolute Gasteiger partial charge is 0.145 e. The zero-order valence-electron chi connectivity index (χ0n) is 10.1. The molecule has 0 unspecified atom stereocenters. The highest BCUT2D eigenvalue weighted by Gasteiger charge is 2.16. The molecule has 1 N–H and O–H groups in total. The van der Waals surface area contributed by atoms with Crippen LogP contribution in [0.25, 0.3) is 0 Å². The lowest BCUT2D eigenvalue weighted by molar-refractivity contribution is 0.289. The first-order chi connectivity index (χ1) is 7.83. The van der Waals surface area contributed by atoms with Crippen molar-refractivity contribution >= 4 is 5.69 Å². The second kappa shape index (κ2) is 5.21. The van der Waals surface area contributed by atoms with Crippen molar-refractivity contribution in [3.8, 4) is 5.75 Å². The summed E-state index contributed by atoms with van der Waals surface area (Å²) >= 11 is 0. The number of ether oxygens (including phenoxy) is 1. The van der Waals surface area contributed by atoms with Crippen LogP contribution >= 0.6 is 0 Å². The maximum Gasteiger partial charge on any atom is 0.145 e. The van der Waals surface area contributed by atoms with Crippen molar-refractivity contribution in [2.24, 2.45) is 0 Å². The fraction of sp³-hybridized carbons (Fsp3) is 0.538. The van der Waals surface area contributed by atoms with Gasteiger partial charge in [0.05, 0.1) is 12.3 Å². The fourth-order valence-corrected chi connectivity index (χ4v) is 2.07. The summed E-state index contributed by atoms with van der Waals surface area (Å²) in [5.74, 6) is 1.09. The summed E-state index contributed by atoms with van der Waals surface area (Å²) in [6.45, 7) is 2.83. The Morgan fingerprint density at radius 1 is 1.44 bits per heavy atom. The molecule has 0 atom stereocenters. The van der Waals surface area contributed by atoms with Crippen LogP contribution in [0.1, 0.15) is 12.0 Å². The zero-order chi connectivity index (χ0) is 11.4. The van der Waals surface area contributed by atoms with E-state index in [9.17, 15) is 0 Å². The number of fused-ring (bicyclic) bond motifs is 1. The number of hydrogen-bond acceptors (Lipinski definition) is 3. The van der Waals surface area contributed by atoms with Gasteiger partial charge in [0.2, 0.25) is 0 Å². The second-order valence-electron chi connectivity index (χ2n) is 4.24. The van der Waals surface area contributed by atoms with E-state index < -0.39 is 0 Å².